The van der Waals surface area contributed by atoms with Gasteiger partial charge in [-0.15, -0.1) is 0 Å². The van der Waals surface area contributed by atoms with Crippen molar-refractivity contribution in [1.82, 2.24) is 10.6 Å². The Morgan fingerprint density at radius 2 is 1.85 bits per heavy atom. The number of hydrogen-bond donors (Lipinski definition) is 5. The fraction of sp³-hybridized carbons (Fsp3) is 0.500. The second-order valence-corrected chi connectivity index (χ2v) is 8.75. The van der Waals surface area contributed by atoms with Crippen LogP contribution in [-0.4, -0.2) is 70.7 Å². The Morgan fingerprint density at radius 1 is 1.12 bits per heavy atom. The molecule has 3 rings (SSSR count). The number of alkyl carbamates (subject to hydrolysis) is 1. The molecule has 0 bridgehead atoms. The second kappa shape index (κ2) is 10.4. The van der Waals surface area contributed by atoms with E-state index in [1.54, 1.807) is 26.8 Å². The van der Waals surface area contributed by atoms with Crippen molar-refractivity contribution in [3.05, 3.63) is 40.2 Å². The van der Waals surface area contributed by atoms with Gasteiger partial charge in [0.25, 0.3) is 0 Å². The number of fused-ring (bicyclic) bond motifs is 1. The number of carbonyl (C=O) groups excluding carboxylic acids is 2. The van der Waals surface area contributed by atoms with Crippen molar-refractivity contribution in [2.45, 2.75) is 57.5 Å². The van der Waals surface area contributed by atoms with Crippen LogP contribution in [0.25, 0.3) is 11.0 Å². The Bertz CT molecular complexity index is 1090. The van der Waals surface area contributed by atoms with Crippen molar-refractivity contribution in [3.8, 4) is 5.75 Å². The fourth-order valence-electron chi connectivity index (χ4n) is 3.17. The highest BCUT2D eigenvalue weighted by atomic mass is 16.7. The zero-order valence-corrected chi connectivity index (χ0v) is 18.9. The van der Waals surface area contributed by atoms with E-state index in [0.29, 0.717) is 10.9 Å². The van der Waals surface area contributed by atoms with Gasteiger partial charge in [0.15, 0.2) is 0 Å². The van der Waals surface area contributed by atoms with E-state index in [1.165, 1.54) is 18.2 Å². The molecule has 1 aromatic carbocycles. The molecule has 1 aliphatic rings. The van der Waals surface area contributed by atoms with Gasteiger partial charge in [0.05, 0.1) is 6.61 Å². The van der Waals surface area contributed by atoms with Gasteiger partial charge in [0.1, 0.15) is 41.8 Å². The normalized spacial score (nSPS) is 22.8. The number of carbonyl (C=O) groups is 2. The van der Waals surface area contributed by atoms with E-state index in [2.05, 4.69) is 10.6 Å². The van der Waals surface area contributed by atoms with Crippen molar-refractivity contribution in [2.75, 3.05) is 13.2 Å². The van der Waals surface area contributed by atoms with Gasteiger partial charge in [-0.25, -0.2) is 9.59 Å². The Kier molecular flexibility index (Phi) is 7.77. The number of rotatable bonds is 6. The molecule has 0 aliphatic carbocycles. The summed E-state index contributed by atoms with van der Waals surface area (Å²) >= 11 is 0. The Hall–Kier alpha value is -3.19. The van der Waals surface area contributed by atoms with Crippen molar-refractivity contribution in [1.29, 1.82) is 0 Å². The van der Waals surface area contributed by atoms with Crippen molar-refractivity contribution in [2.24, 2.45) is 0 Å². The number of amides is 2. The lowest BCUT2D eigenvalue weighted by Gasteiger charge is -2.34. The quantitative estimate of drug-likeness (QED) is 0.347. The minimum Gasteiger partial charge on any atom is -0.462 e. The van der Waals surface area contributed by atoms with E-state index in [0.717, 1.165) is 0 Å². The molecule has 186 valence electrons. The second-order valence-electron chi connectivity index (χ2n) is 8.75. The molecule has 1 aliphatic heterocycles. The maximum atomic E-state index is 12.1. The smallest absolute Gasteiger partial charge is 0.408 e. The molecule has 0 radical (unpaired) electrons. The maximum Gasteiger partial charge on any atom is 0.408 e. The fourth-order valence-corrected chi connectivity index (χ4v) is 3.17. The van der Waals surface area contributed by atoms with E-state index in [-0.39, 0.29) is 31.0 Å². The molecular formula is C22H28N2O10. The average Bonchev–Trinajstić information content (AvgIpc) is 2.75. The van der Waals surface area contributed by atoms with E-state index < -0.39 is 47.8 Å². The van der Waals surface area contributed by atoms with Crippen molar-refractivity contribution >= 4 is 23.0 Å². The largest absolute Gasteiger partial charge is 0.462 e. The number of aliphatic hydroxyl groups is 3. The number of aliphatic hydroxyl groups excluding tert-OH is 3. The molecule has 2 aromatic rings. The third-order valence-electron chi connectivity index (χ3n) is 4.78. The SMILES string of the molecule is CC(C)(C)OC(=O)NCC(=O)NCc1cc(=O)oc2cc(OC3OC[C@@H](O)C(O)[C@@H]3O)ccc12. The first kappa shape index (κ1) is 25.4. The summed E-state index contributed by atoms with van der Waals surface area (Å²) in [5.74, 6) is -0.303. The molecule has 1 fully saturated rings. The predicted molar refractivity (Wildman–Crippen MR) is 117 cm³/mol. The highest BCUT2D eigenvalue weighted by Gasteiger charge is 2.39. The lowest BCUT2D eigenvalue weighted by atomic mass is 10.1. The Labute approximate surface area is 194 Å². The standard InChI is InChI=1S/C22H28N2O10/c1-22(2,3)34-21(30)24-9-16(26)23-8-11-6-17(27)33-15-7-12(4-5-13(11)15)32-20-19(29)18(28)14(25)10-31-20/h4-7,14,18-20,25,28-29H,8-10H2,1-3H3,(H,23,26)(H,24,30)/t14-,18?,19+,20?/m1/s1. The molecule has 12 nitrogen and oxygen atoms in total. The van der Waals surface area contributed by atoms with Crippen LogP contribution in [0.3, 0.4) is 0 Å². The van der Waals surface area contributed by atoms with Gasteiger partial charge in [-0.1, -0.05) is 0 Å². The summed E-state index contributed by atoms with van der Waals surface area (Å²) in [5.41, 5.74) is -0.723. The third-order valence-corrected chi connectivity index (χ3v) is 4.78. The van der Waals surface area contributed by atoms with Gasteiger partial charge in [-0.2, -0.15) is 0 Å². The third kappa shape index (κ3) is 6.67. The van der Waals surface area contributed by atoms with E-state index in [4.69, 9.17) is 18.6 Å². The number of benzene rings is 1. The topological polar surface area (TPSA) is 177 Å². The van der Waals surface area contributed by atoms with E-state index in [9.17, 15) is 29.7 Å². The molecule has 2 heterocycles. The number of hydrogen-bond acceptors (Lipinski definition) is 10. The molecule has 0 saturated carbocycles. The molecular weight excluding hydrogens is 452 g/mol. The Morgan fingerprint density at radius 3 is 2.56 bits per heavy atom. The maximum absolute atomic E-state index is 12.1. The number of nitrogens with one attached hydrogen (secondary N) is 2. The monoisotopic (exact) mass is 480 g/mol. The predicted octanol–water partition coefficient (Wildman–Crippen LogP) is -0.248. The summed E-state index contributed by atoms with van der Waals surface area (Å²) in [6, 6.07) is 5.76. The van der Waals surface area contributed by atoms with Crippen LogP contribution in [-0.2, 0) is 20.8 Å². The van der Waals surface area contributed by atoms with E-state index in [1.807, 2.05) is 0 Å². The van der Waals surface area contributed by atoms with Gasteiger partial charge < -0.3 is 44.6 Å². The van der Waals surface area contributed by atoms with Gasteiger partial charge in [0.2, 0.25) is 12.2 Å². The highest BCUT2D eigenvalue weighted by Crippen LogP contribution is 2.26. The summed E-state index contributed by atoms with van der Waals surface area (Å²) in [6.45, 7) is 4.56. The van der Waals surface area contributed by atoms with Gasteiger partial charge in [-0.05, 0) is 38.5 Å². The molecule has 0 spiro atoms. The molecule has 12 heteroatoms. The van der Waals surface area contributed by atoms with E-state index >= 15 is 0 Å². The lowest BCUT2D eigenvalue weighted by Crippen LogP contribution is -2.54. The molecule has 2 unspecified atom stereocenters. The van der Waals surface area contributed by atoms with Crippen LogP contribution in [0, 0.1) is 0 Å². The molecule has 5 N–H and O–H groups in total. The van der Waals surface area contributed by atoms with Crippen LogP contribution < -0.4 is 21.0 Å². The molecule has 1 saturated heterocycles. The van der Waals surface area contributed by atoms with Crippen LogP contribution in [0.2, 0.25) is 0 Å². The Balaban J connectivity index is 1.65. The first-order valence-corrected chi connectivity index (χ1v) is 10.6. The first-order chi connectivity index (χ1) is 15.9. The van der Waals surface area contributed by atoms with Gasteiger partial charge in [0, 0.05) is 24.1 Å². The summed E-state index contributed by atoms with van der Waals surface area (Å²) in [6.07, 6.45) is -6.11. The van der Waals surface area contributed by atoms with Crippen molar-refractivity contribution in [3.63, 3.8) is 0 Å². The molecule has 4 atom stereocenters. The highest BCUT2D eigenvalue weighted by molar-refractivity contribution is 5.84. The summed E-state index contributed by atoms with van der Waals surface area (Å²) in [7, 11) is 0. The van der Waals surface area contributed by atoms with Crippen LogP contribution in [0.1, 0.15) is 26.3 Å². The zero-order chi connectivity index (χ0) is 25.0. The van der Waals surface area contributed by atoms with Crippen LogP contribution in [0.15, 0.2) is 33.5 Å². The molecule has 2 amide bonds. The first-order valence-electron chi connectivity index (χ1n) is 10.6. The van der Waals surface area contributed by atoms with Gasteiger partial charge >= 0.3 is 11.7 Å². The minimum absolute atomic E-state index is 0.00827. The van der Waals surface area contributed by atoms with Gasteiger partial charge in [-0.3, -0.25) is 4.79 Å². The summed E-state index contributed by atoms with van der Waals surface area (Å²) in [5, 5.41) is 34.8. The summed E-state index contributed by atoms with van der Waals surface area (Å²) < 4.78 is 21.0. The zero-order valence-electron chi connectivity index (χ0n) is 18.9. The van der Waals surface area contributed by atoms with Crippen LogP contribution >= 0.6 is 0 Å². The minimum atomic E-state index is -1.48. The van der Waals surface area contributed by atoms with Crippen LogP contribution in [0.5, 0.6) is 5.75 Å². The lowest BCUT2D eigenvalue weighted by molar-refractivity contribution is -0.242. The average molecular weight is 480 g/mol. The molecule has 1 aromatic heterocycles. The number of ether oxygens (including phenoxy) is 3. The summed E-state index contributed by atoms with van der Waals surface area (Å²) in [4.78, 5) is 35.8. The van der Waals surface area contributed by atoms with Crippen LogP contribution in [0.4, 0.5) is 4.79 Å². The van der Waals surface area contributed by atoms with Crippen molar-refractivity contribution < 1.29 is 43.5 Å². The molecule has 34 heavy (non-hydrogen) atoms.